The van der Waals surface area contributed by atoms with Gasteiger partial charge in [0.1, 0.15) is 11.5 Å². The highest BCUT2D eigenvalue weighted by Gasteiger charge is 1.92. The van der Waals surface area contributed by atoms with Crippen molar-refractivity contribution in [3.63, 3.8) is 0 Å². The number of aryl methyl sites for hydroxylation is 1. The highest BCUT2D eigenvalue weighted by atomic mass is 32.1. The van der Waals surface area contributed by atoms with Gasteiger partial charge in [0, 0.05) is 0 Å². The third kappa shape index (κ3) is 3.22. The van der Waals surface area contributed by atoms with Crippen LogP contribution in [0.15, 0.2) is 21.7 Å². The molecule has 1 aromatic heterocycles. The molecule has 0 saturated heterocycles. The zero-order valence-corrected chi connectivity index (χ0v) is 7.89. The molecular weight excluding hydrogens is 188 g/mol. The van der Waals surface area contributed by atoms with Crippen LogP contribution >= 0.6 is 12.2 Å². The summed E-state index contributed by atoms with van der Waals surface area (Å²) >= 11 is 4.68. The van der Waals surface area contributed by atoms with Crippen molar-refractivity contribution in [3.8, 4) is 0 Å². The van der Waals surface area contributed by atoms with Gasteiger partial charge in [0.25, 0.3) is 0 Å². The normalized spacial score (nSPS) is 10.3. The number of hydrogen-bond donors (Lipinski definition) is 3. The third-order valence-electron chi connectivity index (χ3n) is 1.25. The molecule has 1 heterocycles. The van der Waals surface area contributed by atoms with Gasteiger partial charge in [0.05, 0.1) is 6.21 Å². The molecule has 4 N–H and O–H groups in total. The van der Waals surface area contributed by atoms with E-state index < -0.39 is 0 Å². The number of hydrazine groups is 1. The molecule has 0 radical (unpaired) electrons. The van der Waals surface area contributed by atoms with Gasteiger partial charge < -0.3 is 4.42 Å². The molecule has 1 aromatic rings. The summed E-state index contributed by atoms with van der Waals surface area (Å²) in [5.41, 5.74) is 4.73. The van der Waals surface area contributed by atoms with E-state index in [9.17, 15) is 0 Å². The predicted octanol–water partition coefficient (Wildman–Crippen LogP) is 0.260. The van der Waals surface area contributed by atoms with Gasteiger partial charge >= 0.3 is 0 Å². The maximum atomic E-state index is 5.21. The third-order valence-corrected chi connectivity index (χ3v) is 1.46. The second kappa shape index (κ2) is 4.58. The fraction of sp³-hybridized carbons (Fsp3) is 0.143. The van der Waals surface area contributed by atoms with Crippen molar-refractivity contribution in [2.45, 2.75) is 6.92 Å². The van der Waals surface area contributed by atoms with Crippen molar-refractivity contribution >= 4 is 23.5 Å². The van der Waals surface area contributed by atoms with Crippen LogP contribution in [0.1, 0.15) is 11.5 Å². The molecule has 0 amide bonds. The van der Waals surface area contributed by atoms with Crippen molar-refractivity contribution in [1.82, 2.24) is 10.9 Å². The molecule has 0 atom stereocenters. The van der Waals surface area contributed by atoms with E-state index in [1.807, 2.05) is 13.0 Å². The van der Waals surface area contributed by atoms with Crippen LogP contribution in [0.2, 0.25) is 0 Å². The number of nitrogens with two attached hydrogens (primary N) is 1. The van der Waals surface area contributed by atoms with Gasteiger partial charge in [-0.15, -0.1) is 0 Å². The Balaban J connectivity index is 2.45. The maximum Gasteiger partial charge on any atom is 0.201 e. The van der Waals surface area contributed by atoms with Crippen LogP contribution in [0.25, 0.3) is 0 Å². The maximum absolute atomic E-state index is 5.21. The molecule has 0 aliphatic carbocycles. The molecule has 0 aliphatic heterocycles. The minimum atomic E-state index is 0.250. The van der Waals surface area contributed by atoms with Crippen molar-refractivity contribution in [1.29, 1.82) is 0 Å². The molecule has 70 valence electrons. The summed E-state index contributed by atoms with van der Waals surface area (Å²) in [7, 11) is 0. The first kappa shape index (κ1) is 9.69. The van der Waals surface area contributed by atoms with E-state index in [-0.39, 0.29) is 5.11 Å². The first-order valence-electron chi connectivity index (χ1n) is 3.58. The second-order valence-electron chi connectivity index (χ2n) is 2.29. The fourth-order valence-corrected chi connectivity index (χ4v) is 0.762. The van der Waals surface area contributed by atoms with Gasteiger partial charge in [0.15, 0.2) is 0 Å². The Kier molecular flexibility index (Phi) is 3.41. The van der Waals surface area contributed by atoms with E-state index in [1.165, 1.54) is 6.21 Å². The minimum absolute atomic E-state index is 0.250. The quantitative estimate of drug-likeness (QED) is 0.275. The molecule has 5 nitrogen and oxygen atoms in total. The Morgan fingerprint density at radius 3 is 3.00 bits per heavy atom. The van der Waals surface area contributed by atoms with Crippen LogP contribution in [-0.4, -0.2) is 11.3 Å². The van der Waals surface area contributed by atoms with Crippen molar-refractivity contribution in [2.24, 2.45) is 10.9 Å². The molecule has 0 saturated carbocycles. The van der Waals surface area contributed by atoms with E-state index in [2.05, 4.69) is 28.2 Å². The summed E-state index contributed by atoms with van der Waals surface area (Å²) in [6, 6.07) is 3.65. The molecule has 13 heavy (non-hydrogen) atoms. The number of furan rings is 1. The lowest BCUT2D eigenvalue weighted by Crippen LogP contribution is -2.37. The zero-order valence-electron chi connectivity index (χ0n) is 7.07. The second-order valence-corrected chi connectivity index (χ2v) is 2.70. The first-order valence-corrected chi connectivity index (χ1v) is 3.99. The van der Waals surface area contributed by atoms with Crippen LogP contribution in [0.5, 0.6) is 0 Å². The molecular formula is C7H10N4OS. The number of nitrogens with one attached hydrogen (secondary N) is 2. The van der Waals surface area contributed by atoms with Gasteiger partial charge in [-0.1, -0.05) is 0 Å². The first-order chi connectivity index (χ1) is 6.22. The topological polar surface area (TPSA) is 75.6 Å². The Bertz CT molecular complexity index is 320. The average Bonchev–Trinajstić information content (AvgIpc) is 2.51. The lowest BCUT2D eigenvalue weighted by atomic mass is 10.4. The highest BCUT2D eigenvalue weighted by molar-refractivity contribution is 7.80. The summed E-state index contributed by atoms with van der Waals surface area (Å²) in [5.74, 6) is 6.50. The van der Waals surface area contributed by atoms with E-state index in [0.29, 0.717) is 5.76 Å². The number of nitrogens with zero attached hydrogens (tertiary/aromatic N) is 1. The molecule has 1 rings (SSSR count). The Hall–Kier alpha value is -1.40. The highest BCUT2D eigenvalue weighted by Crippen LogP contribution is 2.02. The molecule has 0 unspecified atom stereocenters. The van der Waals surface area contributed by atoms with Crippen molar-refractivity contribution in [2.75, 3.05) is 0 Å². The van der Waals surface area contributed by atoms with Crippen LogP contribution in [0.3, 0.4) is 0 Å². The van der Waals surface area contributed by atoms with Crippen molar-refractivity contribution < 1.29 is 4.42 Å². The molecule has 0 aliphatic rings. The van der Waals surface area contributed by atoms with E-state index in [4.69, 9.17) is 10.3 Å². The summed E-state index contributed by atoms with van der Waals surface area (Å²) in [6.45, 7) is 1.86. The van der Waals surface area contributed by atoms with Crippen LogP contribution in [0, 0.1) is 6.92 Å². The number of hydrazone groups is 1. The van der Waals surface area contributed by atoms with Crippen molar-refractivity contribution in [3.05, 3.63) is 23.7 Å². The monoisotopic (exact) mass is 198 g/mol. The van der Waals surface area contributed by atoms with E-state index >= 15 is 0 Å². The summed E-state index contributed by atoms with van der Waals surface area (Å²) < 4.78 is 5.21. The lowest BCUT2D eigenvalue weighted by molar-refractivity contribution is 0.527. The van der Waals surface area contributed by atoms with Gasteiger partial charge in [-0.05, 0) is 31.3 Å². The van der Waals surface area contributed by atoms with Gasteiger partial charge in [-0.25, -0.2) is 5.84 Å². The Morgan fingerprint density at radius 2 is 2.46 bits per heavy atom. The lowest BCUT2D eigenvalue weighted by Gasteiger charge is -1.97. The van der Waals surface area contributed by atoms with Crippen LogP contribution in [0.4, 0.5) is 0 Å². The zero-order chi connectivity index (χ0) is 9.68. The molecule has 6 heteroatoms. The van der Waals surface area contributed by atoms with Gasteiger partial charge in [0.2, 0.25) is 5.11 Å². The molecule has 0 bridgehead atoms. The summed E-state index contributed by atoms with van der Waals surface area (Å²) in [6.07, 6.45) is 1.51. The minimum Gasteiger partial charge on any atom is -0.460 e. The molecule has 0 aromatic carbocycles. The van der Waals surface area contributed by atoms with E-state index in [1.54, 1.807) is 6.07 Å². The number of rotatable bonds is 2. The largest absolute Gasteiger partial charge is 0.460 e. The smallest absolute Gasteiger partial charge is 0.201 e. The standard InChI is InChI=1S/C7H10N4OS/c1-5-2-3-6(12-5)4-9-11-7(13)10-8/h2-4H,8H2,1H3,(H2,10,11,13)/b9-4+. The van der Waals surface area contributed by atoms with Gasteiger partial charge in [-0.3, -0.25) is 10.9 Å². The van der Waals surface area contributed by atoms with Crippen LogP contribution in [-0.2, 0) is 0 Å². The van der Waals surface area contributed by atoms with Gasteiger partial charge in [-0.2, -0.15) is 5.10 Å². The summed E-state index contributed by atoms with van der Waals surface area (Å²) in [5, 5.41) is 4.02. The summed E-state index contributed by atoms with van der Waals surface area (Å²) in [4.78, 5) is 0. The number of hydrogen-bond acceptors (Lipinski definition) is 4. The molecule has 0 spiro atoms. The predicted molar refractivity (Wildman–Crippen MR) is 54.1 cm³/mol. The Labute approximate surface area is 81.0 Å². The average molecular weight is 198 g/mol. The van der Waals surface area contributed by atoms with E-state index in [0.717, 1.165) is 5.76 Å². The SMILES string of the molecule is Cc1ccc(/C=N/NC(=S)NN)o1. The Morgan fingerprint density at radius 1 is 1.69 bits per heavy atom. The fourth-order valence-electron chi connectivity index (χ4n) is 0.710. The number of thiocarbonyl (C=S) groups is 1. The molecule has 0 fully saturated rings. The van der Waals surface area contributed by atoms with Crippen LogP contribution < -0.4 is 16.7 Å².